The maximum Gasteiger partial charge on any atom is 0.407 e. The van der Waals surface area contributed by atoms with E-state index in [0.717, 1.165) is 17.5 Å². The lowest BCUT2D eigenvalue weighted by Gasteiger charge is -2.18. The van der Waals surface area contributed by atoms with E-state index in [-0.39, 0.29) is 12.5 Å². The number of fused-ring (bicyclic) bond motifs is 3. The van der Waals surface area contributed by atoms with Crippen LogP contribution in [-0.2, 0) is 9.53 Å². The van der Waals surface area contributed by atoms with Crippen molar-refractivity contribution in [1.82, 2.24) is 5.32 Å². The Hall–Kier alpha value is -2.86. The average Bonchev–Trinajstić information content (AvgIpc) is 2.99. The first-order valence-corrected chi connectivity index (χ1v) is 9.22. The number of ether oxygens (including phenoxy) is 1. The number of benzene rings is 2. The lowest BCUT2D eigenvalue weighted by Crippen LogP contribution is -2.44. The minimum Gasteiger partial charge on any atom is -0.449 e. The van der Waals surface area contributed by atoms with Crippen molar-refractivity contribution in [2.45, 2.75) is 31.2 Å². The monoisotopic (exact) mass is 367 g/mol. The highest BCUT2D eigenvalue weighted by Crippen LogP contribution is 2.44. The zero-order chi connectivity index (χ0) is 19.2. The van der Waals surface area contributed by atoms with Gasteiger partial charge >= 0.3 is 6.09 Å². The Morgan fingerprint density at radius 1 is 1.00 bits per heavy atom. The zero-order valence-electron chi connectivity index (χ0n) is 15.2. The van der Waals surface area contributed by atoms with Crippen LogP contribution in [-0.4, -0.2) is 31.2 Å². The predicted molar refractivity (Wildman–Crippen MR) is 104 cm³/mol. The van der Waals surface area contributed by atoms with Crippen LogP contribution in [0, 0.1) is 0 Å². The molecule has 6 heteroatoms. The van der Waals surface area contributed by atoms with Gasteiger partial charge in [0, 0.05) is 5.92 Å². The van der Waals surface area contributed by atoms with Gasteiger partial charge in [-0.15, -0.1) is 0 Å². The molecule has 1 aliphatic rings. The third-order valence-electron chi connectivity index (χ3n) is 4.93. The third kappa shape index (κ3) is 4.28. The highest BCUT2D eigenvalue weighted by atomic mass is 16.5. The summed E-state index contributed by atoms with van der Waals surface area (Å²) in [6, 6.07) is 15.5. The molecule has 5 N–H and O–H groups in total. The van der Waals surface area contributed by atoms with Gasteiger partial charge < -0.3 is 21.5 Å². The summed E-state index contributed by atoms with van der Waals surface area (Å²) in [6.45, 7) is 0.741. The number of primary amides is 1. The number of alkyl carbamates (subject to hydrolysis) is 1. The van der Waals surface area contributed by atoms with E-state index in [4.69, 9.17) is 16.2 Å². The number of nitrogens with one attached hydrogen (secondary N) is 1. The van der Waals surface area contributed by atoms with Crippen LogP contribution < -0.4 is 16.8 Å². The summed E-state index contributed by atoms with van der Waals surface area (Å²) in [5, 5.41) is 2.57. The highest BCUT2D eigenvalue weighted by Gasteiger charge is 2.29. The van der Waals surface area contributed by atoms with Gasteiger partial charge in [0.15, 0.2) is 0 Å². The normalized spacial score (nSPS) is 13.5. The SMILES string of the molecule is NCCCC[C@H](NC(=O)OCC1c2ccccc2-c2ccccc21)C(N)=O. The van der Waals surface area contributed by atoms with Crippen LogP contribution in [0.1, 0.15) is 36.3 Å². The van der Waals surface area contributed by atoms with Gasteiger partial charge in [-0.2, -0.15) is 0 Å². The molecule has 1 aliphatic carbocycles. The average molecular weight is 367 g/mol. The molecule has 0 saturated carbocycles. The molecule has 0 saturated heterocycles. The van der Waals surface area contributed by atoms with E-state index < -0.39 is 18.0 Å². The Kier molecular flexibility index (Phi) is 6.08. The Labute approximate surface area is 158 Å². The van der Waals surface area contributed by atoms with Crippen LogP contribution >= 0.6 is 0 Å². The maximum absolute atomic E-state index is 12.2. The van der Waals surface area contributed by atoms with Crippen LogP contribution in [0.4, 0.5) is 4.79 Å². The second-order valence-corrected chi connectivity index (χ2v) is 6.71. The zero-order valence-corrected chi connectivity index (χ0v) is 15.2. The summed E-state index contributed by atoms with van der Waals surface area (Å²) in [5.74, 6) is -0.590. The first-order chi connectivity index (χ1) is 13.1. The Balaban J connectivity index is 1.64. The Morgan fingerprint density at radius 2 is 1.59 bits per heavy atom. The number of carbonyl (C=O) groups excluding carboxylic acids is 2. The van der Waals surface area contributed by atoms with E-state index in [1.54, 1.807) is 0 Å². The van der Waals surface area contributed by atoms with Crippen LogP contribution in [0.3, 0.4) is 0 Å². The standard InChI is InChI=1S/C21H25N3O3/c22-12-6-5-11-19(20(23)25)24-21(26)27-13-18-16-9-3-1-7-14(16)15-8-2-4-10-17(15)18/h1-4,7-10,18-19H,5-6,11-13,22H2,(H2,23,25)(H,24,26)/t19-/m0/s1. The number of carbonyl (C=O) groups is 2. The van der Waals surface area contributed by atoms with Crippen LogP contribution in [0.25, 0.3) is 11.1 Å². The minimum atomic E-state index is -0.743. The molecule has 0 spiro atoms. The van der Waals surface area contributed by atoms with Gasteiger partial charge in [0.2, 0.25) is 5.91 Å². The fourth-order valence-corrected chi connectivity index (χ4v) is 3.56. The maximum atomic E-state index is 12.2. The molecule has 2 amide bonds. The lowest BCUT2D eigenvalue weighted by atomic mass is 9.98. The smallest absolute Gasteiger partial charge is 0.407 e. The van der Waals surface area contributed by atoms with Crippen molar-refractivity contribution in [3.63, 3.8) is 0 Å². The van der Waals surface area contributed by atoms with Gasteiger partial charge in [-0.25, -0.2) is 4.79 Å². The van der Waals surface area contributed by atoms with Gasteiger partial charge in [0.25, 0.3) is 0 Å². The van der Waals surface area contributed by atoms with E-state index in [9.17, 15) is 9.59 Å². The van der Waals surface area contributed by atoms with Gasteiger partial charge in [-0.3, -0.25) is 4.79 Å². The lowest BCUT2D eigenvalue weighted by molar-refractivity contribution is -0.120. The molecule has 0 unspecified atom stereocenters. The van der Waals surface area contributed by atoms with Crippen molar-refractivity contribution in [3.05, 3.63) is 59.7 Å². The van der Waals surface area contributed by atoms with Crippen molar-refractivity contribution in [2.75, 3.05) is 13.2 Å². The van der Waals surface area contributed by atoms with Crippen molar-refractivity contribution >= 4 is 12.0 Å². The van der Waals surface area contributed by atoms with Crippen molar-refractivity contribution < 1.29 is 14.3 Å². The van der Waals surface area contributed by atoms with Crippen molar-refractivity contribution in [1.29, 1.82) is 0 Å². The fraction of sp³-hybridized carbons (Fsp3) is 0.333. The summed E-state index contributed by atoms with van der Waals surface area (Å²) in [4.78, 5) is 23.7. The molecule has 0 aliphatic heterocycles. The number of rotatable bonds is 8. The second-order valence-electron chi connectivity index (χ2n) is 6.71. The second kappa shape index (κ2) is 8.68. The molecule has 0 fully saturated rings. The number of nitrogens with two attached hydrogens (primary N) is 2. The van der Waals surface area contributed by atoms with E-state index >= 15 is 0 Å². The summed E-state index contributed by atoms with van der Waals surface area (Å²) in [7, 11) is 0. The molecule has 2 aromatic carbocycles. The molecule has 3 rings (SSSR count). The first-order valence-electron chi connectivity index (χ1n) is 9.22. The summed E-state index contributed by atoms with van der Waals surface area (Å²) < 4.78 is 5.44. The molecular weight excluding hydrogens is 342 g/mol. The van der Waals surface area contributed by atoms with Crippen LogP contribution in [0.5, 0.6) is 0 Å². The van der Waals surface area contributed by atoms with E-state index in [1.165, 1.54) is 11.1 Å². The molecule has 27 heavy (non-hydrogen) atoms. The molecule has 0 heterocycles. The number of hydrogen-bond donors (Lipinski definition) is 3. The van der Waals surface area contributed by atoms with Gasteiger partial charge in [0.05, 0.1) is 0 Å². The van der Waals surface area contributed by atoms with Gasteiger partial charge in [-0.05, 0) is 48.1 Å². The molecule has 2 aromatic rings. The topological polar surface area (TPSA) is 107 Å². The molecular formula is C21H25N3O3. The van der Waals surface area contributed by atoms with Crippen LogP contribution in [0.2, 0.25) is 0 Å². The van der Waals surface area contributed by atoms with Crippen molar-refractivity contribution in [2.24, 2.45) is 11.5 Å². The quantitative estimate of drug-likeness (QED) is 0.623. The summed E-state index contributed by atoms with van der Waals surface area (Å²) >= 11 is 0. The van der Waals surface area contributed by atoms with Crippen LogP contribution in [0.15, 0.2) is 48.5 Å². The highest BCUT2D eigenvalue weighted by molar-refractivity contribution is 5.84. The largest absolute Gasteiger partial charge is 0.449 e. The van der Waals surface area contributed by atoms with E-state index in [2.05, 4.69) is 29.6 Å². The molecule has 142 valence electrons. The number of hydrogen-bond acceptors (Lipinski definition) is 4. The molecule has 0 bridgehead atoms. The number of unbranched alkanes of at least 4 members (excludes halogenated alkanes) is 1. The van der Waals surface area contributed by atoms with Crippen molar-refractivity contribution in [3.8, 4) is 11.1 Å². The summed E-state index contributed by atoms with van der Waals surface area (Å²) in [5.41, 5.74) is 15.4. The predicted octanol–water partition coefficient (Wildman–Crippen LogP) is 2.51. The first kappa shape index (κ1) is 18.9. The molecule has 1 atom stereocenters. The summed E-state index contributed by atoms with van der Waals surface area (Å²) in [6.07, 6.45) is 1.31. The van der Waals surface area contributed by atoms with E-state index in [1.807, 2.05) is 24.3 Å². The minimum absolute atomic E-state index is 0.0209. The Morgan fingerprint density at radius 3 is 2.15 bits per heavy atom. The Bertz CT molecular complexity index is 776. The van der Waals surface area contributed by atoms with E-state index in [0.29, 0.717) is 19.4 Å². The fourth-order valence-electron chi connectivity index (χ4n) is 3.56. The molecule has 0 aromatic heterocycles. The molecule has 6 nitrogen and oxygen atoms in total. The van der Waals surface area contributed by atoms with Gasteiger partial charge in [0.1, 0.15) is 12.6 Å². The molecule has 0 radical (unpaired) electrons. The van der Waals surface area contributed by atoms with Gasteiger partial charge in [-0.1, -0.05) is 48.5 Å². The third-order valence-corrected chi connectivity index (χ3v) is 4.93. The number of amides is 2.